The van der Waals surface area contributed by atoms with Gasteiger partial charge in [-0.1, -0.05) is 6.92 Å². The number of nitrogens with one attached hydrogen (secondary N) is 1. The zero-order valence-electron chi connectivity index (χ0n) is 11.1. The van der Waals surface area contributed by atoms with E-state index in [0.717, 1.165) is 18.8 Å². The van der Waals surface area contributed by atoms with Crippen LogP contribution in [0.25, 0.3) is 0 Å². The number of aromatic nitrogens is 2. The maximum absolute atomic E-state index is 13.0. The molecule has 19 heavy (non-hydrogen) atoms. The topological polar surface area (TPSA) is 29.9 Å². The summed E-state index contributed by atoms with van der Waals surface area (Å²) in [5, 5.41) is 3.01. The first kappa shape index (κ1) is 14.4. The van der Waals surface area contributed by atoms with Crippen molar-refractivity contribution in [1.29, 1.82) is 0 Å². The summed E-state index contributed by atoms with van der Waals surface area (Å²) in [6, 6.07) is -0.549. The second-order valence-electron chi connectivity index (χ2n) is 5.09. The van der Waals surface area contributed by atoms with Crippen LogP contribution in [0.15, 0.2) is 12.4 Å². The lowest BCUT2D eigenvalue weighted by molar-refractivity contribution is -0.188. The molecule has 1 aliphatic heterocycles. The average Bonchev–Trinajstić information content (AvgIpc) is 2.77. The van der Waals surface area contributed by atoms with E-state index in [4.69, 9.17) is 0 Å². The molecule has 6 heteroatoms. The number of halogens is 3. The molecule has 0 aromatic carbocycles. The number of nitrogens with zero attached hydrogens (tertiary/aromatic N) is 2. The van der Waals surface area contributed by atoms with Crippen LogP contribution in [0.5, 0.6) is 0 Å². The first-order chi connectivity index (χ1) is 9.02. The van der Waals surface area contributed by atoms with Gasteiger partial charge >= 0.3 is 6.18 Å². The van der Waals surface area contributed by atoms with Gasteiger partial charge in [0.15, 0.2) is 0 Å². The minimum atomic E-state index is -4.12. The van der Waals surface area contributed by atoms with Crippen LogP contribution in [0, 0.1) is 5.92 Å². The molecule has 0 spiro atoms. The van der Waals surface area contributed by atoms with Gasteiger partial charge in [0.25, 0.3) is 0 Å². The molecule has 1 saturated heterocycles. The minimum Gasteiger partial charge on any atom is -0.335 e. The highest BCUT2D eigenvalue weighted by Gasteiger charge is 2.45. The van der Waals surface area contributed by atoms with E-state index in [1.54, 1.807) is 6.20 Å². The lowest BCUT2D eigenvalue weighted by atomic mass is 9.88. The van der Waals surface area contributed by atoms with Crippen molar-refractivity contribution < 1.29 is 13.2 Å². The predicted octanol–water partition coefficient (Wildman–Crippen LogP) is 2.77. The zero-order valence-corrected chi connectivity index (χ0v) is 11.1. The van der Waals surface area contributed by atoms with Crippen LogP contribution in [-0.4, -0.2) is 28.3 Å². The quantitative estimate of drug-likeness (QED) is 0.915. The first-order valence-electron chi connectivity index (χ1n) is 6.82. The third-order valence-electron chi connectivity index (χ3n) is 3.67. The predicted molar refractivity (Wildman–Crippen MR) is 66.8 cm³/mol. The normalized spacial score (nSPS) is 24.6. The molecule has 1 aliphatic rings. The highest BCUT2D eigenvalue weighted by Crippen LogP contribution is 2.35. The van der Waals surface area contributed by atoms with Crippen LogP contribution in [0.1, 0.15) is 32.0 Å². The third kappa shape index (κ3) is 3.49. The summed E-state index contributed by atoms with van der Waals surface area (Å²) in [6.07, 6.45) is 1.47. The molecule has 3 nitrogen and oxygen atoms in total. The van der Waals surface area contributed by atoms with Crippen molar-refractivity contribution in [2.75, 3.05) is 6.54 Å². The fourth-order valence-corrected chi connectivity index (χ4v) is 2.73. The van der Waals surface area contributed by atoms with Crippen molar-refractivity contribution in [2.45, 2.75) is 51.4 Å². The van der Waals surface area contributed by atoms with Crippen molar-refractivity contribution in [1.82, 2.24) is 14.9 Å². The Morgan fingerprint density at radius 1 is 1.47 bits per heavy atom. The Hall–Kier alpha value is -1.04. The smallest absolute Gasteiger partial charge is 0.335 e. The van der Waals surface area contributed by atoms with E-state index >= 15 is 0 Å². The number of rotatable bonds is 4. The number of hydrogen-bond donors (Lipinski definition) is 1. The molecule has 1 fully saturated rings. The monoisotopic (exact) mass is 275 g/mol. The van der Waals surface area contributed by atoms with E-state index in [0.29, 0.717) is 19.4 Å². The van der Waals surface area contributed by atoms with Crippen LogP contribution in [0.2, 0.25) is 0 Å². The number of hydrogen-bond acceptors (Lipinski definition) is 2. The second kappa shape index (κ2) is 5.94. The highest BCUT2D eigenvalue weighted by molar-refractivity contribution is 4.99. The molecule has 2 atom stereocenters. The van der Waals surface area contributed by atoms with E-state index in [2.05, 4.69) is 10.3 Å². The van der Waals surface area contributed by atoms with Gasteiger partial charge in [0.1, 0.15) is 5.82 Å². The number of aryl methyl sites for hydroxylation is 1. The standard InChI is InChI=1S/C13H20F3N3/c1-2-7-19-8-6-18-12(19)9-11-10(13(14,15)16)4-3-5-17-11/h6,8,10-11,17H,2-5,7,9H2,1H3. The lowest BCUT2D eigenvalue weighted by Gasteiger charge is -2.33. The first-order valence-corrected chi connectivity index (χ1v) is 6.82. The molecule has 108 valence electrons. The summed E-state index contributed by atoms with van der Waals surface area (Å²) in [7, 11) is 0. The molecular formula is C13H20F3N3. The van der Waals surface area contributed by atoms with Crippen LogP contribution in [-0.2, 0) is 13.0 Å². The molecule has 0 aliphatic carbocycles. The average molecular weight is 275 g/mol. The van der Waals surface area contributed by atoms with Gasteiger partial charge in [0, 0.05) is 31.4 Å². The van der Waals surface area contributed by atoms with Gasteiger partial charge in [0.2, 0.25) is 0 Å². The van der Waals surface area contributed by atoms with Crippen LogP contribution < -0.4 is 5.32 Å². The van der Waals surface area contributed by atoms with Crippen LogP contribution in [0.3, 0.4) is 0 Å². The molecular weight excluding hydrogens is 255 g/mol. The molecule has 1 N–H and O–H groups in total. The van der Waals surface area contributed by atoms with Crippen molar-refractivity contribution in [2.24, 2.45) is 5.92 Å². The van der Waals surface area contributed by atoms with Gasteiger partial charge in [-0.3, -0.25) is 0 Å². The molecule has 0 saturated carbocycles. The van der Waals surface area contributed by atoms with Gasteiger partial charge in [-0.2, -0.15) is 13.2 Å². The van der Waals surface area contributed by atoms with E-state index in [1.165, 1.54) is 0 Å². The fraction of sp³-hybridized carbons (Fsp3) is 0.769. The second-order valence-corrected chi connectivity index (χ2v) is 5.09. The Morgan fingerprint density at radius 2 is 2.26 bits per heavy atom. The molecule has 2 rings (SSSR count). The minimum absolute atomic E-state index is 0.218. The summed E-state index contributed by atoms with van der Waals surface area (Å²) in [5.41, 5.74) is 0. The van der Waals surface area contributed by atoms with E-state index in [-0.39, 0.29) is 6.42 Å². The fourth-order valence-electron chi connectivity index (χ4n) is 2.73. The van der Waals surface area contributed by atoms with Gasteiger partial charge in [-0.15, -0.1) is 0 Å². The molecule has 0 bridgehead atoms. The lowest BCUT2D eigenvalue weighted by Crippen LogP contribution is -2.49. The van der Waals surface area contributed by atoms with E-state index < -0.39 is 18.1 Å². The van der Waals surface area contributed by atoms with Crippen molar-refractivity contribution in [3.63, 3.8) is 0 Å². The molecule has 1 aromatic rings. The maximum Gasteiger partial charge on any atom is 0.393 e. The summed E-state index contributed by atoms with van der Waals surface area (Å²) < 4.78 is 41.0. The summed E-state index contributed by atoms with van der Waals surface area (Å²) in [5.74, 6) is -0.511. The summed E-state index contributed by atoms with van der Waals surface area (Å²) in [4.78, 5) is 4.20. The Kier molecular flexibility index (Phi) is 4.50. The van der Waals surface area contributed by atoms with Crippen molar-refractivity contribution in [3.8, 4) is 0 Å². The Labute approximate surface area is 111 Å². The molecule has 1 aromatic heterocycles. The Morgan fingerprint density at radius 3 is 2.95 bits per heavy atom. The van der Waals surface area contributed by atoms with Gasteiger partial charge in [-0.05, 0) is 25.8 Å². The van der Waals surface area contributed by atoms with Crippen molar-refractivity contribution >= 4 is 0 Å². The zero-order chi connectivity index (χ0) is 13.9. The highest BCUT2D eigenvalue weighted by atomic mass is 19.4. The summed E-state index contributed by atoms with van der Waals surface area (Å²) >= 11 is 0. The van der Waals surface area contributed by atoms with E-state index in [9.17, 15) is 13.2 Å². The molecule has 2 heterocycles. The summed E-state index contributed by atoms with van der Waals surface area (Å²) in [6.45, 7) is 3.51. The van der Waals surface area contributed by atoms with Gasteiger partial charge in [-0.25, -0.2) is 4.98 Å². The molecule has 0 amide bonds. The van der Waals surface area contributed by atoms with Gasteiger partial charge in [0.05, 0.1) is 5.92 Å². The number of imidazole rings is 1. The molecule has 0 radical (unpaired) electrons. The number of alkyl halides is 3. The number of piperidine rings is 1. The Bertz CT molecular complexity index is 400. The van der Waals surface area contributed by atoms with Crippen LogP contribution in [0.4, 0.5) is 13.2 Å². The van der Waals surface area contributed by atoms with Gasteiger partial charge < -0.3 is 9.88 Å². The van der Waals surface area contributed by atoms with Crippen LogP contribution >= 0.6 is 0 Å². The van der Waals surface area contributed by atoms with Crippen molar-refractivity contribution in [3.05, 3.63) is 18.2 Å². The van der Waals surface area contributed by atoms with E-state index in [1.807, 2.05) is 17.7 Å². The maximum atomic E-state index is 13.0. The SMILES string of the molecule is CCCn1ccnc1CC1NCCCC1C(F)(F)F. The molecule has 2 unspecified atom stereocenters. The Balaban J connectivity index is 2.09. The largest absolute Gasteiger partial charge is 0.393 e. The third-order valence-corrected chi connectivity index (χ3v) is 3.67.